The molecular weight excluding hydrogens is 500 g/mol. The van der Waals surface area contributed by atoms with Gasteiger partial charge in [-0.25, -0.2) is 8.42 Å². The first-order chi connectivity index (χ1) is 18.5. The second kappa shape index (κ2) is 12.9. The van der Waals surface area contributed by atoms with E-state index in [4.69, 9.17) is 9.47 Å². The van der Waals surface area contributed by atoms with Crippen LogP contribution in [0, 0.1) is 0 Å². The Hall–Kier alpha value is -4.14. The molecule has 0 saturated carbocycles. The number of para-hydroxylation sites is 1. The molecule has 7 nitrogen and oxygen atoms in total. The highest BCUT2D eigenvalue weighted by molar-refractivity contribution is 7.92. The van der Waals surface area contributed by atoms with E-state index in [-0.39, 0.29) is 35.1 Å². The van der Waals surface area contributed by atoms with Gasteiger partial charge in [0, 0.05) is 6.54 Å². The fourth-order valence-corrected chi connectivity index (χ4v) is 5.37. The number of rotatable bonds is 12. The number of hydrogen-bond acceptors (Lipinski definition) is 5. The first kappa shape index (κ1) is 26.9. The molecular formula is C30H30N2O5S. The molecule has 196 valence electrons. The summed E-state index contributed by atoms with van der Waals surface area (Å²) in [7, 11) is -2.50. The third-order valence-electron chi connectivity index (χ3n) is 5.88. The summed E-state index contributed by atoms with van der Waals surface area (Å²) in [6.07, 6.45) is 0. The van der Waals surface area contributed by atoms with Crippen LogP contribution in [-0.4, -0.2) is 34.6 Å². The molecule has 8 heteroatoms. The number of carbonyl (C=O) groups excluding carboxylic acids is 1. The Morgan fingerprint density at radius 3 is 2.05 bits per heavy atom. The standard InChI is InChI=1S/C30H30N2O5S/c1-36-26-16-18-27(19-17-26)38(34,35)32(22-24-10-4-2-5-11-24)29-15-9-8-14-28(29)30(33)31-20-21-37-23-25-12-6-3-7-13-25/h2-19H,20-23H2,1H3,(H,31,33). The van der Waals surface area contributed by atoms with Gasteiger partial charge in [-0.05, 0) is 47.5 Å². The Morgan fingerprint density at radius 2 is 1.39 bits per heavy atom. The topological polar surface area (TPSA) is 84.9 Å². The average Bonchev–Trinajstić information content (AvgIpc) is 2.96. The molecule has 0 bridgehead atoms. The number of anilines is 1. The van der Waals surface area contributed by atoms with Crippen molar-refractivity contribution in [3.63, 3.8) is 0 Å². The van der Waals surface area contributed by atoms with E-state index in [0.29, 0.717) is 19.0 Å². The van der Waals surface area contributed by atoms with Gasteiger partial charge in [-0.2, -0.15) is 0 Å². The number of hydrogen-bond donors (Lipinski definition) is 1. The summed E-state index contributed by atoms with van der Waals surface area (Å²) in [5, 5.41) is 2.85. The molecule has 4 aromatic rings. The van der Waals surface area contributed by atoms with Crippen molar-refractivity contribution < 1.29 is 22.7 Å². The van der Waals surface area contributed by atoms with Gasteiger partial charge in [-0.1, -0.05) is 72.8 Å². The number of nitrogens with one attached hydrogen (secondary N) is 1. The third-order valence-corrected chi connectivity index (χ3v) is 7.65. The largest absolute Gasteiger partial charge is 0.497 e. The quantitative estimate of drug-likeness (QED) is 0.260. The normalized spacial score (nSPS) is 11.1. The van der Waals surface area contributed by atoms with Gasteiger partial charge >= 0.3 is 0 Å². The molecule has 0 fully saturated rings. The molecule has 0 spiro atoms. The van der Waals surface area contributed by atoms with E-state index in [9.17, 15) is 13.2 Å². The monoisotopic (exact) mass is 530 g/mol. The van der Waals surface area contributed by atoms with Crippen molar-refractivity contribution in [3.8, 4) is 5.75 Å². The molecule has 38 heavy (non-hydrogen) atoms. The summed E-state index contributed by atoms with van der Waals surface area (Å²) in [6, 6.07) is 31.9. The van der Waals surface area contributed by atoms with Gasteiger partial charge in [0.2, 0.25) is 0 Å². The highest BCUT2D eigenvalue weighted by atomic mass is 32.2. The fourth-order valence-electron chi connectivity index (χ4n) is 3.90. The van der Waals surface area contributed by atoms with Crippen molar-refractivity contribution in [2.75, 3.05) is 24.6 Å². The highest BCUT2D eigenvalue weighted by Gasteiger charge is 2.28. The summed E-state index contributed by atoms with van der Waals surface area (Å²) < 4.78 is 39.9. The number of carbonyl (C=O) groups is 1. The van der Waals surface area contributed by atoms with Crippen molar-refractivity contribution in [1.82, 2.24) is 5.32 Å². The highest BCUT2D eigenvalue weighted by Crippen LogP contribution is 2.30. The molecule has 4 aromatic carbocycles. The van der Waals surface area contributed by atoms with Crippen LogP contribution in [0.1, 0.15) is 21.5 Å². The van der Waals surface area contributed by atoms with Gasteiger partial charge in [-0.3, -0.25) is 9.10 Å². The Morgan fingerprint density at radius 1 is 0.789 bits per heavy atom. The van der Waals surface area contributed by atoms with E-state index in [1.165, 1.54) is 23.5 Å². The lowest BCUT2D eigenvalue weighted by Crippen LogP contribution is -2.34. The first-order valence-electron chi connectivity index (χ1n) is 12.2. The number of nitrogens with zero attached hydrogens (tertiary/aromatic N) is 1. The van der Waals surface area contributed by atoms with Crippen LogP contribution in [0.4, 0.5) is 5.69 Å². The summed E-state index contributed by atoms with van der Waals surface area (Å²) in [4.78, 5) is 13.3. The van der Waals surface area contributed by atoms with E-state index in [1.807, 2.05) is 60.7 Å². The second-order valence-corrected chi connectivity index (χ2v) is 10.3. The SMILES string of the molecule is COc1ccc(S(=O)(=O)N(Cc2ccccc2)c2ccccc2C(=O)NCCOCc2ccccc2)cc1. The van der Waals surface area contributed by atoms with Gasteiger partial charge in [-0.15, -0.1) is 0 Å². The first-order valence-corrected chi connectivity index (χ1v) is 13.6. The predicted octanol–water partition coefficient (Wildman–Crippen LogP) is 5.04. The number of ether oxygens (including phenoxy) is 2. The smallest absolute Gasteiger partial charge is 0.264 e. The van der Waals surface area contributed by atoms with E-state index >= 15 is 0 Å². The molecule has 0 aliphatic heterocycles. The molecule has 1 N–H and O–H groups in total. The van der Waals surface area contributed by atoms with E-state index in [0.717, 1.165) is 11.1 Å². The maximum Gasteiger partial charge on any atom is 0.264 e. The Kier molecular flexibility index (Phi) is 9.13. The second-order valence-electron chi connectivity index (χ2n) is 8.48. The number of amides is 1. The minimum atomic E-state index is -4.02. The van der Waals surface area contributed by atoms with Crippen molar-refractivity contribution in [1.29, 1.82) is 0 Å². The lowest BCUT2D eigenvalue weighted by atomic mass is 10.1. The molecule has 0 radical (unpaired) electrons. The van der Waals surface area contributed by atoms with Crippen molar-refractivity contribution >= 4 is 21.6 Å². The maximum absolute atomic E-state index is 13.9. The van der Waals surface area contributed by atoms with Gasteiger partial charge in [0.25, 0.3) is 15.9 Å². The Bertz CT molecular complexity index is 1430. The molecule has 0 unspecified atom stereocenters. The van der Waals surface area contributed by atoms with Gasteiger partial charge < -0.3 is 14.8 Å². The zero-order valence-electron chi connectivity index (χ0n) is 21.1. The molecule has 1 amide bonds. The summed E-state index contributed by atoms with van der Waals surface area (Å²) in [5.41, 5.74) is 2.37. The van der Waals surface area contributed by atoms with Crippen molar-refractivity contribution in [2.45, 2.75) is 18.0 Å². The Balaban J connectivity index is 1.56. The fraction of sp³-hybridized carbons (Fsp3) is 0.167. The molecule has 0 aromatic heterocycles. The lowest BCUT2D eigenvalue weighted by Gasteiger charge is -2.26. The Labute approximate surface area is 223 Å². The van der Waals surface area contributed by atoms with Crippen LogP contribution in [-0.2, 0) is 27.9 Å². The number of benzene rings is 4. The van der Waals surface area contributed by atoms with E-state index in [1.54, 1.807) is 36.4 Å². The van der Waals surface area contributed by atoms with Crippen LogP contribution < -0.4 is 14.4 Å². The average molecular weight is 531 g/mol. The van der Waals surface area contributed by atoms with Gasteiger partial charge in [0.1, 0.15) is 5.75 Å². The molecule has 0 aliphatic rings. The molecule has 4 rings (SSSR count). The van der Waals surface area contributed by atoms with E-state index in [2.05, 4.69) is 5.32 Å². The molecule has 0 atom stereocenters. The van der Waals surface area contributed by atoms with Gasteiger partial charge in [0.15, 0.2) is 0 Å². The third kappa shape index (κ3) is 6.79. The molecule has 0 heterocycles. The van der Waals surface area contributed by atoms with Crippen LogP contribution in [0.3, 0.4) is 0 Å². The van der Waals surface area contributed by atoms with Gasteiger partial charge in [0.05, 0.1) is 43.0 Å². The summed E-state index contributed by atoms with van der Waals surface area (Å²) >= 11 is 0. The molecule has 0 saturated heterocycles. The predicted molar refractivity (Wildman–Crippen MR) is 148 cm³/mol. The maximum atomic E-state index is 13.9. The van der Waals surface area contributed by atoms with Crippen molar-refractivity contribution in [3.05, 3.63) is 126 Å². The van der Waals surface area contributed by atoms with E-state index < -0.39 is 10.0 Å². The zero-order chi connectivity index (χ0) is 26.8. The van der Waals surface area contributed by atoms with Crippen LogP contribution in [0.2, 0.25) is 0 Å². The van der Waals surface area contributed by atoms with Crippen LogP contribution >= 0.6 is 0 Å². The van der Waals surface area contributed by atoms with Crippen LogP contribution in [0.5, 0.6) is 5.75 Å². The van der Waals surface area contributed by atoms with Crippen molar-refractivity contribution in [2.24, 2.45) is 0 Å². The minimum absolute atomic E-state index is 0.0552. The number of sulfonamides is 1. The summed E-state index contributed by atoms with van der Waals surface area (Å²) in [6.45, 7) is 1.10. The lowest BCUT2D eigenvalue weighted by molar-refractivity contribution is 0.0901. The zero-order valence-corrected chi connectivity index (χ0v) is 21.9. The minimum Gasteiger partial charge on any atom is -0.497 e. The van der Waals surface area contributed by atoms with Crippen LogP contribution in [0.15, 0.2) is 114 Å². The molecule has 0 aliphatic carbocycles. The van der Waals surface area contributed by atoms with Crippen LogP contribution in [0.25, 0.3) is 0 Å². The number of methoxy groups -OCH3 is 1. The summed E-state index contributed by atoms with van der Waals surface area (Å²) in [5.74, 6) is 0.166.